The molecule has 2 rings (SSSR count). The summed E-state index contributed by atoms with van der Waals surface area (Å²) < 4.78 is 51.7. The van der Waals surface area contributed by atoms with E-state index in [2.05, 4.69) is 5.32 Å². The summed E-state index contributed by atoms with van der Waals surface area (Å²) >= 11 is 0. The first-order valence-corrected chi connectivity index (χ1v) is 9.68. The van der Waals surface area contributed by atoms with Gasteiger partial charge >= 0.3 is 0 Å². The minimum Gasteiger partial charge on any atom is -0.324 e. The van der Waals surface area contributed by atoms with Crippen molar-refractivity contribution in [3.05, 3.63) is 59.2 Å². The Labute approximate surface area is 151 Å². The Hall–Kier alpha value is -2.48. The molecule has 0 fully saturated rings. The number of amides is 1. The Bertz CT molecular complexity index is 945. The molecule has 2 aromatic rings. The van der Waals surface area contributed by atoms with Crippen molar-refractivity contribution in [2.24, 2.45) is 0 Å². The highest BCUT2D eigenvalue weighted by Crippen LogP contribution is 2.24. The van der Waals surface area contributed by atoms with Crippen LogP contribution >= 0.6 is 0 Å². The first-order valence-electron chi connectivity index (χ1n) is 7.83. The number of benzene rings is 2. The van der Waals surface area contributed by atoms with Crippen LogP contribution in [0.3, 0.4) is 0 Å². The number of carbonyl (C=O) groups excluding carboxylic acids is 1. The minimum absolute atomic E-state index is 0.130. The summed E-state index contributed by atoms with van der Waals surface area (Å²) in [4.78, 5) is 12.5. The van der Waals surface area contributed by atoms with Gasteiger partial charge in [-0.1, -0.05) is 6.07 Å². The molecule has 0 bridgehead atoms. The number of rotatable bonds is 5. The maximum atomic E-state index is 13.5. The highest BCUT2D eigenvalue weighted by molar-refractivity contribution is 7.92. The fourth-order valence-electron chi connectivity index (χ4n) is 2.50. The molecule has 0 radical (unpaired) electrons. The Kier molecular flexibility index (Phi) is 5.65. The van der Waals surface area contributed by atoms with E-state index in [0.29, 0.717) is 5.69 Å². The third-order valence-electron chi connectivity index (χ3n) is 4.02. The van der Waals surface area contributed by atoms with E-state index in [1.54, 1.807) is 12.1 Å². The van der Waals surface area contributed by atoms with Gasteiger partial charge in [0.1, 0.15) is 6.04 Å². The average molecular weight is 382 g/mol. The molecule has 0 aliphatic heterocycles. The Morgan fingerprint density at radius 1 is 1.04 bits per heavy atom. The smallest absolute Gasteiger partial charge is 0.247 e. The van der Waals surface area contributed by atoms with Crippen LogP contribution in [0.5, 0.6) is 0 Å². The zero-order chi connectivity index (χ0) is 19.6. The van der Waals surface area contributed by atoms with E-state index in [4.69, 9.17) is 0 Å². The van der Waals surface area contributed by atoms with Crippen LogP contribution in [0.2, 0.25) is 0 Å². The number of halogens is 2. The molecule has 1 N–H and O–H groups in total. The largest absolute Gasteiger partial charge is 0.324 e. The summed E-state index contributed by atoms with van der Waals surface area (Å²) in [5, 5.41) is 2.65. The van der Waals surface area contributed by atoms with E-state index < -0.39 is 33.6 Å². The lowest BCUT2D eigenvalue weighted by Gasteiger charge is -2.28. The average Bonchev–Trinajstić information content (AvgIpc) is 2.53. The second-order valence-corrected chi connectivity index (χ2v) is 7.98. The first-order chi connectivity index (χ1) is 12.0. The summed E-state index contributed by atoms with van der Waals surface area (Å²) in [5.41, 5.74) is 2.41. The SMILES string of the molecule is Cc1ccc(NC(=O)[C@H](C)N(c2ccc(F)c(F)c2)S(C)(=O)=O)cc1C. The minimum atomic E-state index is -3.92. The zero-order valence-corrected chi connectivity index (χ0v) is 15.7. The number of carbonyl (C=O) groups is 1. The summed E-state index contributed by atoms with van der Waals surface area (Å²) in [5.74, 6) is -2.89. The van der Waals surface area contributed by atoms with E-state index in [-0.39, 0.29) is 5.69 Å². The van der Waals surface area contributed by atoms with E-state index >= 15 is 0 Å². The fourth-order valence-corrected chi connectivity index (χ4v) is 3.66. The highest BCUT2D eigenvalue weighted by atomic mass is 32.2. The number of hydrogen-bond acceptors (Lipinski definition) is 3. The van der Waals surface area contributed by atoms with Gasteiger partial charge in [-0.15, -0.1) is 0 Å². The van der Waals surface area contributed by atoms with E-state index in [1.807, 2.05) is 19.9 Å². The van der Waals surface area contributed by atoms with Crippen molar-refractivity contribution in [1.29, 1.82) is 0 Å². The molecule has 1 atom stereocenters. The van der Waals surface area contributed by atoms with Crippen molar-refractivity contribution >= 4 is 27.3 Å². The molecule has 0 saturated carbocycles. The topological polar surface area (TPSA) is 66.5 Å². The fraction of sp³-hybridized carbons (Fsp3) is 0.278. The van der Waals surface area contributed by atoms with Crippen molar-refractivity contribution in [2.75, 3.05) is 15.9 Å². The van der Waals surface area contributed by atoms with E-state index in [1.165, 1.54) is 6.92 Å². The van der Waals surface area contributed by atoms with Gasteiger partial charge < -0.3 is 5.32 Å². The monoisotopic (exact) mass is 382 g/mol. The van der Waals surface area contributed by atoms with Crippen molar-refractivity contribution in [3.8, 4) is 0 Å². The van der Waals surface area contributed by atoms with Crippen molar-refractivity contribution in [1.82, 2.24) is 0 Å². The van der Waals surface area contributed by atoms with Gasteiger partial charge in [-0.05, 0) is 56.2 Å². The zero-order valence-electron chi connectivity index (χ0n) is 14.9. The van der Waals surface area contributed by atoms with Gasteiger partial charge in [-0.3, -0.25) is 9.10 Å². The van der Waals surface area contributed by atoms with Crippen LogP contribution in [-0.2, 0) is 14.8 Å². The molecule has 0 aromatic heterocycles. The van der Waals surface area contributed by atoms with Crippen LogP contribution in [0.1, 0.15) is 18.1 Å². The first kappa shape index (κ1) is 19.8. The lowest BCUT2D eigenvalue weighted by Crippen LogP contribution is -2.45. The molecule has 26 heavy (non-hydrogen) atoms. The van der Waals surface area contributed by atoms with Gasteiger partial charge in [0, 0.05) is 11.8 Å². The van der Waals surface area contributed by atoms with Crippen LogP contribution in [0, 0.1) is 25.5 Å². The lowest BCUT2D eigenvalue weighted by molar-refractivity contribution is -0.116. The predicted octanol–water partition coefficient (Wildman–Crippen LogP) is 3.37. The number of sulfonamides is 1. The van der Waals surface area contributed by atoms with Crippen molar-refractivity contribution in [3.63, 3.8) is 0 Å². The molecule has 0 unspecified atom stereocenters. The molecule has 2 aromatic carbocycles. The number of hydrogen-bond donors (Lipinski definition) is 1. The quantitative estimate of drug-likeness (QED) is 0.862. The molecular weight excluding hydrogens is 362 g/mol. The van der Waals surface area contributed by atoms with Gasteiger partial charge in [-0.2, -0.15) is 0 Å². The predicted molar refractivity (Wildman–Crippen MR) is 97.7 cm³/mol. The van der Waals surface area contributed by atoms with Crippen LogP contribution in [0.4, 0.5) is 20.2 Å². The lowest BCUT2D eigenvalue weighted by atomic mass is 10.1. The number of aryl methyl sites for hydroxylation is 2. The normalized spacial score (nSPS) is 12.5. The summed E-state index contributed by atoms with van der Waals surface area (Å²) in [7, 11) is -3.92. The van der Waals surface area contributed by atoms with E-state index in [9.17, 15) is 22.0 Å². The van der Waals surface area contributed by atoms with Gasteiger partial charge in [0.05, 0.1) is 11.9 Å². The third-order valence-corrected chi connectivity index (χ3v) is 5.26. The van der Waals surface area contributed by atoms with Gasteiger partial charge in [-0.25, -0.2) is 17.2 Å². The molecule has 0 spiro atoms. The molecule has 0 saturated heterocycles. The van der Waals surface area contributed by atoms with Crippen LogP contribution in [0.15, 0.2) is 36.4 Å². The second kappa shape index (κ2) is 7.41. The van der Waals surface area contributed by atoms with Crippen LogP contribution in [-0.4, -0.2) is 26.6 Å². The number of anilines is 2. The molecule has 0 aliphatic rings. The van der Waals surface area contributed by atoms with Gasteiger partial charge in [0.25, 0.3) is 0 Å². The van der Waals surface area contributed by atoms with Crippen LogP contribution < -0.4 is 9.62 Å². The second-order valence-electron chi connectivity index (χ2n) is 6.12. The molecule has 8 heteroatoms. The molecular formula is C18H20F2N2O3S. The van der Waals surface area contributed by atoms with Gasteiger partial charge in [0.15, 0.2) is 11.6 Å². The standard InChI is InChI=1S/C18H20F2N2O3S/c1-11-5-6-14(9-12(11)2)21-18(23)13(3)22(26(4,24)25)15-7-8-16(19)17(20)10-15/h5-10,13H,1-4H3,(H,21,23)/t13-/m0/s1. The maximum absolute atomic E-state index is 13.5. The third kappa shape index (κ3) is 4.37. The maximum Gasteiger partial charge on any atom is 0.247 e. The molecule has 0 heterocycles. The van der Waals surface area contributed by atoms with Gasteiger partial charge in [0.2, 0.25) is 15.9 Å². The molecule has 1 amide bonds. The Morgan fingerprint density at radius 3 is 2.23 bits per heavy atom. The summed E-state index contributed by atoms with van der Waals surface area (Å²) in [6, 6.07) is 6.81. The van der Waals surface area contributed by atoms with E-state index in [0.717, 1.165) is 39.9 Å². The highest BCUT2D eigenvalue weighted by Gasteiger charge is 2.29. The van der Waals surface area contributed by atoms with Crippen molar-refractivity contribution < 1.29 is 22.0 Å². The van der Waals surface area contributed by atoms with Crippen molar-refractivity contribution in [2.45, 2.75) is 26.8 Å². The Balaban J connectivity index is 2.34. The number of nitrogens with zero attached hydrogens (tertiary/aromatic N) is 1. The molecule has 0 aliphatic carbocycles. The number of nitrogens with one attached hydrogen (secondary N) is 1. The Morgan fingerprint density at radius 2 is 1.69 bits per heavy atom. The van der Waals surface area contributed by atoms with Crippen LogP contribution in [0.25, 0.3) is 0 Å². The molecule has 140 valence electrons. The summed E-state index contributed by atoms with van der Waals surface area (Å²) in [6.45, 7) is 5.19. The molecule has 5 nitrogen and oxygen atoms in total. The summed E-state index contributed by atoms with van der Waals surface area (Å²) in [6.07, 6.45) is 0.897.